The Morgan fingerprint density at radius 1 is 1.56 bits per heavy atom. The van der Waals surface area contributed by atoms with E-state index >= 15 is 0 Å². The number of nitrogens with zero attached hydrogens (tertiary/aromatic N) is 2. The predicted molar refractivity (Wildman–Crippen MR) is 71.7 cm³/mol. The van der Waals surface area contributed by atoms with Crippen molar-refractivity contribution in [2.45, 2.75) is 12.5 Å². The van der Waals surface area contributed by atoms with Crippen LogP contribution >= 0.6 is 0 Å². The van der Waals surface area contributed by atoms with Crippen molar-refractivity contribution in [1.82, 2.24) is 5.32 Å². The van der Waals surface area contributed by atoms with Gasteiger partial charge in [0.1, 0.15) is 0 Å². The van der Waals surface area contributed by atoms with E-state index in [0.29, 0.717) is 11.7 Å². The Labute approximate surface area is 108 Å². The number of morpholine rings is 1. The molecule has 1 saturated heterocycles. The molecular weight excluding hydrogens is 226 g/mol. The second-order valence-corrected chi connectivity index (χ2v) is 4.57. The summed E-state index contributed by atoms with van der Waals surface area (Å²) in [5.74, 6) is 0. The van der Waals surface area contributed by atoms with Crippen molar-refractivity contribution >= 4 is 5.69 Å². The average Bonchev–Trinajstić information content (AvgIpc) is 2.46. The van der Waals surface area contributed by atoms with Gasteiger partial charge in [-0.15, -0.1) is 0 Å². The fraction of sp³-hybridized carbons (Fsp3) is 0.500. The normalized spacial score (nSPS) is 19.2. The third-order valence-electron chi connectivity index (χ3n) is 3.21. The van der Waals surface area contributed by atoms with Crippen LogP contribution in [0.25, 0.3) is 0 Å². The third kappa shape index (κ3) is 3.46. The van der Waals surface area contributed by atoms with E-state index in [9.17, 15) is 0 Å². The van der Waals surface area contributed by atoms with Crippen LogP contribution in [0.2, 0.25) is 0 Å². The van der Waals surface area contributed by atoms with E-state index in [4.69, 9.17) is 10.00 Å². The molecule has 0 radical (unpaired) electrons. The van der Waals surface area contributed by atoms with Gasteiger partial charge in [-0.3, -0.25) is 0 Å². The van der Waals surface area contributed by atoms with E-state index in [0.717, 1.165) is 38.3 Å². The standard InChI is InChI=1S/C14H19N3O/c1-17(7-5-14-11-16-6-8-18-14)13-4-2-3-12(9-13)10-15/h2-4,9,14,16H,5-8,11H2,1H3. The van der Waals surface area contributed by atoms with Crippen molar-refractivity contribution in [1.29, 1.82) is 5.26 Å². The Balaban J connectivity index is 1.86. The van der Waals surface area contributed by atoms with Crippen molar-refractivity contribution in [3.05, 3.63) is 29.8 Å². The van der Waals surface area contributed by atoms with E-state index in [2.05, 4.69) is 16.3 Å². The lowest BCUT2D eigenvalue weighted by atomic mass is 10.2. The first-order valence-corrected chi connectivity index (χ1v) is 6.33. The number of ether oxygens (including phenoxy) is 1. The Morgan fingerprint density at radius 3 is 3.17 bits per heavy atom. The summed E-state index contributed by atoms with van der Waals surface area (Å²) >= 11 is 0. The van der Waals surface area contributed by atoms with Gasteiger partial charge in [0.2, 0.25) is 0 Å². The molecule has 1 unspecified atom stereocenters. The quantitative estimate of drug-likeness (QED) is 0.870. The molecule has 1 N–H and O–H groups in total. The minimum absolute atomic E-state index is 0.306. The van der Waals surface area contributed by atoms with Crippen LogP contribution in [0.3, 0.4) is 0 Å². The van der Waals surface area contributed by atoms with Crippen molar-refractivity contribution in [3.63, 3.8) is 0 Å². The Kier molecular flexibility index (Phi) is 4.57. The van der Waals surface area contributed by atoms with E-state index < -0.39 is 0 Å². The molecule has 4 nitrogen and oxygen atoms in total. The molecule has 0 spiro atoms. The summed E-state index contributed by atoms with van der Waals surface area (Å²) in [5.41, 5.74) is 1.78. The molecule has 1 heterocycles. The highest BCUT2D eigenvalue weighted by molar-refractivity contribution is 5.50. The highest BCUT2D eigenvalue weighted by Gasteiger charge is 2.14. The lowest BCUT2D eigenvalue weighted by Gasteiger charge is -2.26. The SMILES string of the molecule is CN(CCC1CNCCO1)c1cccc(C#N)c1. The van der Waals surface area contributed by atoms with Crippen LogP contribution in [0.4, 0.5) is 5.69 Å². The molecule has 1 fully saturated rings. The molecule has 0 aliphatic carbocycles. The number of benzene rings is 1. The molecule has 0 amide bonds. The van der Waals surface area contributed by atoms with Crippen molar-refractivity contribution in [3.8, 4) is 6.07 Å². The van der Waals surface area contributed by atoms with Gasteiger partial charge in [0.05, 0.1) is 24.3 Å². The van der Waals surface area contributed by atoms with Crippen LogP contribution in [-0.2, 0) is 4.74 Å². The van der Waals surface area contributed by atoms with E-state index in [1.54, 1.807) is 0 Å². The molecule has 18 heavy (non-hydrogen) atoms. The first-order valence-electron chi connectivity index (χ1n) is 6.33. The molecule has 0 saturated carbocycles. The van der Waals surface area contributed by atoms with Gasteiger partial charge in [-0.05, 0) is 24.6 Å². The fourth-order valence-electron chi connectivity index (χ4n) is 2.08. The number of hydrogen-bond donors (Lipinski definition) is 1. The van der Waals surface area contributed by atoms with E-state index in [-0.39, 0.29) is 0 Å². The summed E-state index contributed by atoms with van der Waals surface area (Å²) in [6, 6.07) is 9.86. The number of hydrogen-bond acceptors (Lipinski definition) is 4. The summed E-state index contributed by atoms with van der Waals surface area (Å²) in [6.07, 6.45) is 1.31. The monoisotopic (exact) mass is 245 g/mol. The zero-order chi connectivity index (χ0) is 12.8. The minimum atomic E-state index is 0.306. The van der Waals surface area contributed by atoms with Gasteiger partial charge in [-0.2, -0.15) is 5.26 Å². The maximum Gasteiger partial charge on any atom is 0.0992 e. The van der Waals surface area contributed by atoms with Gasteiger partial charge >= 0.3 is 0 Å². The van der Waals surface area contributed by atoms with Crippen LogP contribution in [0.1, 0.15) is 12.0 Å². The van der Waals surface area contributed by atoms with Crippen LogP contribution < -0.4 is 10.2 Å². The van der Waals surface area contributed by atoms with Crippen LogP contribution in [-0.4, -0.2) is 39.4 Å². The van der Waals surface area contributed by atoms with E-state index in [1.165, 1.54) is 0 Å². The summed E-state index contributed by atoms with van der Waals surface area (Å²) in [4.78, 5) is 2.17. The van der Waals surface area contributed by atoms with Gasteiger partial charge < -0.3 is 15.0 Å². The lowest BCUT2D eigenvalue weighted by molar-refractivity contribution is 0.0250. The first-order chi connectivity index (χ1) is 8.79. The average molecular weight is 245 g/mol. The highest BCUT2D eigenvalue weighted by Crippen LogP contribution is 2.15. The Morgan fingerprint density at radius 2 is 2.44 bits per heavy atom. The highest BCUT2D eigenvalue weighted by atomic mass is 16.5. The second-order valence-electron chi connectivity index (χ2n) is 4.57. The van der Waals surface area contributed by atoms with Gasteiger partial charge in [-0.1, -0.05) is 6.07 Å². The molecule has 1 atom stereocenters. The van der Waals surface area contributed by atoms with Gasteiger partial charge in [0.15, 0.2) is 0 Å². The molecule has 96 valence electrons. The lowest BCUT2D eigenvalue weighted by Crippen LogP contribution is -2.40. The first kappa shape index (κ1) is 12.9. The van der Waals surface area contributed by atoms with Crippen molar-refractivity contribution in [2.24, 2.45) is 0 Å². The van der Waals surface area contributed by atoms with Crippen LogP contribution in [0.5, 0.6) is 0 Å². The molecular formula is C14H19N3O. The number of anilines is 1. The maximum atomic E-state index is 8.88. The summed E-state index contributed by atoms with van der Waals surface area (Å²) in [7, 11) is 2.05. The van der Waals surface area contributed by atoms with Crippen molar-refractivity contribution in [2.75, 3.05) is 38.2 Å². The largest absolute Gasteiger partial charge is 0.376 e. The number of nitrogens with one attached hydrogen (secondary N) is 1. The topological polar surface area (TPSA) is 48.3 Å². The Hall–Kier alpha value is -1.57. The molecule has 1 aliphatic heterocycles. The fourth-order valence-corrected chi connectivity index (χ4v) is 2.08. The molecule has 4 heteroatoms. The van der Waals surface area contributed by atoms with Crippen LogP contribution in [0.15, 0.2) is 24.3 Å². The maximum absolute atomic E-state index is 8.88. The second kappa shape index (κ2) is 6.39. The molecule has 0 bridgehead atoms. The number of nitriles is 1. The summed E-state index contributed by atoms with van der Waals surface area (Å²) in [5, 5.41) is 12.2. The van der Waals surface area contributed by atoms with Crippen LogP contribution in [0, 0.1) is 11.3 Å². The zero-order valence-electron chi connectivity index (χ0n) is 10.7. The minimum Gasteiger partial charge on any atom is -0.376 e. The number of rotatable bonds is 4. The van der Waals surface area contributed by atoms with Gasteiger partial charge in [0, 0.05) is 32.4 Å². The summed E-state index contributed by atoms with van der Waals surface area (Å²) < 4.78 is 5.67. The van der Waals surface area contributed by atoms with Gasteiger partial charge in [0.25, 0.3) is 0 Å². The molecule has 0 aromatic heterocycles. The van der Waals surface area contributed by atoms with Crippen molar-refractivity contribution < 1.29 is 4.74 Å². The molecule has 1 aromatic carbocycles. The van der Waals surface area contributed by atoms with Gasteiger partial charge in [-0.25, -0.2) is 0 Å². The summed E-state index contributed by atoms with van der Waals surface area (Å²) in [6.45, 7) is 3.63. The zero-order valence-corrected chi connectivity index (χ0v) is 10.7. The molecule has 2 rings (SSSR count). The smallest absolute Gasteiger partial charge is 0.0992 e. The molecule has 1 aliphatic rings. The van der Waals surface area contributed by atoms with E-state index in [1.807, 2.05) is 31.3 Å². The predicted octanol–water partition coefficient (Wildman–Crippen LogP) is 1.37. The molecule has 1 aromatic rings. The Bertz CT molecular complexity index is 421. The third-order valence-corrected chi connectivity index (χ3v) is 3.21.